The number of carbonyl (C=O) groups excluding carboxylic acids is 3. The topological polar surface area (TPSA) is 96.3 Å². The number of nitrogens with one attached hydrogen (secondary N) is 2. The molecule has 0 saturated carbocycles. The van der Waals surface area contributed by atoms with Crippen molar-refractivity contribution in [3.63, 3.8) is 0 Å². The molecule has 4 rings (SSSR count). The lowest BCUT2D eigenvalue weighted by atomic mass is 10.1. The Morgan fingerprint density at radius 2 is 1.87 bits per heavy atom. The zero-order chi connectivity index (χ0) is 21.8. The molecule has 0 unspecified atom stereocenters. The molecule has 8 heteroatoms. The monoisotopic (exact) mass is 419 g/mol. The summed E-state index contributed by atoms with van der Waals surface area (Å²) in [6.45, 7) is 3.22. The molecule has 2 aromatic carbocycles. The summed E-state index contributed by atoms with van der Waals surface area (Å²) in [6.07, 6.45) is 0.908. The van der Waals surface area contributed by atoms with Crippen molar-refractivity contribution in [3.8, 4) is 0 Å². The van der Waals surface area contributed by atoms with Crippen LogP contribution in [0.15, 0.2) is 48.5 Å². The fourth-order valence-corrected chi connectivity index (χ4v) is 3.84. The van der Waals surface area contributed by atoms with Gasteiger partial charge >= 0.3 is 0 Å². The Morgan fingerprint density at radius 3 is 2.74 bits per heavy atom. The Bertz CT molecular complexity index is 1140. The van der Waals surface area contributed by atoms with Gasteiger partial charge in [0.05, 0.1) is 22.4 Å². The number of rotatable bonds is 7. The highest BCUT2D eigenvalue weighted by molar-refractivity contribution is 6.10. The second-order valence-electron chi connectivity index (χ2n) is 7.55. The Labute approximate surface area is 180 Å². The minimum absolute atomic E-state index is 0.0321. The van der Waals surface area contributed by atoms with Gasteiger partial charge in [-0.25, -0.2) is 4.98 Å². The van der Waals surface area contributed by atoms with E-state index in [1.807, 2.05) is 37.3 Å². The van der Waals surface area contributed by atoms with E-state index in [9.17, 15) is 14.4 Å². The summed E-state index contributed by atoms with van der Waals surface area (Å²) in [5.74, 6) is 0.302. The molecule has 1 aliphatic heterocycles. The molecule has 2 heterocycles. The number of aromatic nitrogens is 2. The summed E-state index contributed by atoms with van der Waals surface area (Å²) in [6, 6.07) is 15.1. The first-order valence-corrected chi connectivity index (χ1v) is 10.4. The number of anilines is 2. The summed E-state index contributed by atoms with van der Waals surface area (Å²) in [7, 11) is 0. The fourth-order valence-electron chi connectivity index (χ4n) is 3.84. The van der Waals surface area contributed by atoms with Gasteiger partial charge in [0.1, 0.15) is 12.4 Å². The lowest BCUT2D eigenvalue weighted by Gasteiger charge is -2.29. The zero-order valence-corrected chi connectivity index (χ0v) is 17.4. The van der Waals surface area contributed by atoms with E-state index in [0.29, 0.717) is 17.9 Å². The van der Waals surface area contributed by atoms with Crippen molar-refractivity contribution in [1.82, 2.24) is 14.9 Å². The molecule has 1 aromatic heterocycles. The number of fused-ring (bicyclic) bond motifs is 2. The van der Waals surface area contributed by atoms with Gasteiger partial charge in [0, 0.05) is 25.9 Å². The quantitative estimate of drug-likeness (QED) is 0.576. The maximum atomic E-state index is 12.6. The smallest absolute Gasteiger partial charge is 0.244 e. The van der Waals surface area contributed by atoms with E-state index in [1.165, 1.54) is 4.90 Å². The number of hydrogen-bond acceptors (Lipinski definition) is 4. The van der Waals surface area contributed by atoms with Crippen molar-refractivity contribution in [2.24, 2.45) is 0 Å². The third kappa shape index (κ3) is 4.58. The Morgan fingerprint density at radius 1 is 1.10 bits per heavy atom. The average Bonchev–Trinajstić information content (AvgIpc) is 3.09. The van der Waals surface area contributed by atoms with Crippen LogP contribution in [0.5, 0.6) is 0 Å². The highest BCUT2D eigenvalue weighted by Gasteiger charge is 2.26. The number of carbonyl (C=O) groups is 3. The molecule has 0 aliphatic carbocycles. The van der Waals surface area contributed by atoms with Crippen LogP contribution in [0.25, 0.3) is 11.0 Å². The van der Waals surface area contributed by atoms with Crippen molar-refractivity contribution < 1.29 is 14.4 Å². The Hall–Kier alpha value is -3.68. The first-order valence-electron chi connectivity index (χ1n) is 10.4. The third-order valence-corrected chi connectivity index (χ3v) is 5.36. The summed E-state index contributed by atoms with van der Waals surface area (Å²) in [4.78, 5) is 42.7. The number of benzene rings is 2. The van der Waals surface area contributed by atoms with E-state index in [0.717, 1.165) is 29.8 Å². The van der Waals surface area contributed by atoms with Crippen LogP contribution >= 0.6 is 0 Å². The van der Waals surface area contributed by atoms with E-state index in [1.54, 1.807) is 18.2 Å². The molecule has 3 amide bonds. The molecular formula is C23H25N5O3. The van der Waals surface area contributed by atoms with Crippen molar-refractivity contribution in [3.05, 3.63) is 54.4 Å². The van der Waals surface area contributed by atoms with Crippen LogP contribution in [0.3, 0.4) is 0 Å². The van der Waals surface area contributed by atoms with Gasteiger partial charge in [-0.1, -0.05) is 24.3 Å². The summed E-state index contributed by atoms with van der Waals surface area (Å²) in [5.41, 5.74) is 3.33. The van der Waals surface area contributed by atoms with Gasteiger partial charge in [0.15, 0.2) is 0 Å². The van der Waals surface area contributed by atoms with Crippen molar-refractivity contribution in [2.45, 2.75) is 32.7 Å². The second kappa shape index (κ2) is 8.99. The van der Waals surface area contributed by atoms with E-state index in [-0.39, 0.29) is 37.1 Å². The van der Waals surface area contributed by atoms with Crippen LogP contribution < -0.4 is 15.5 Å². The third-order valence-electron chi connectivity index (χ3n) is 5.36. The molecule has 160 valence electrons. The molecule has 31 heavy (non-hydrogen) atoms. The van der Waals surface area contributed by atoms with E-state index in [4.69, 9.17) is 0 Å². The van der Waals surface area contributed by atoms with Crippen LogP contribution in [0.4, 0.5) is 11.4 Å². The SMILES string of the molecule is Cc1nc2ccccc2n1CCCNC(=O)CCC(=O)N1CC(=O)Nc2ccccc21. The van der Waals surface area contributed by atoms with Gasteiger partial charge in [-0.05, 0) is 37.6 Å². The minimum atomic E-state index is -0.238. The Balaban J connectivity index is 1.24. The summed E-state index contributed by atoms with van der Waals surface area (Å²) >= 11 is 0. The van der Waals surface area contributed by atoms with Gasteiger partial charge in [-0.3, -0.25) is 14.4 Å². The number of para-hydroxylation sites is 4. The largest absolute Gasteiger partial charge is 0.356 e. The van der Waals surface area contributed by atoms with Gasteiger partial charge in [0.2, 0.25) is 17.7 Å². The molecule has 8 nitrogen and oxygen atoms in total. The molecule has 0 fully saturated rings. The second-order valence-corrected chi connectivity index (χ2v) is 7.55. The van der Waals surface area contributed by atoms with Crippen molar-refractivity contribution >= 4 is 40.1 Å². The number of amides is 3. The molecule has 1 aliphatic rings. The highest BCUT2D eigenvalue weighted by atomic mass is 16.2. The first-order chi connectivity index (χ1) is 15.0. The lowest BCUT2D eigenvalue weighted by molar-refractivity contribution is -0.125. The molecule has 0 bridgehead atoms. The molecule has 0 saturated heterocycles. The average molecular weight is 419 g/mol. The fraction of sp³-hybridized carbons (Fsp3) is 0.304. The van der Waals surface area contributed by atoms with Gasteiger partial charge in [0.25, 0.3) is 0 Å². The van der Waals surface area contributed by atoms with Crippen LogP contribution in [-0.4, -0.2) is 40.4 Å². The van der Waals surface area contributed by atoms with Crippen molar-refractivity contribution in [2.75, 3.05) is 23.3 Å². The van der Waals surface area contributed by atoms with Gasteiger partial charge in [-0.2, -0.15) is 0 Å². The maximum Gasteiger partial charge on any atom is 0.244 e. The molecule has 0 spiro atoms. The molecule has 2 N–H and O–H groups in total. The van der Waals surface area contributed by atoms with Gasteiger partial charge in [-0.15, -0.1) is 0 Å². The van der Waals surface area contributed by atoms with E-state index in [2.05, 4.69) is 20.2 Å². The molecule has 0 radical (unpaired) electrons. The number of nitrogens with zero attached hydrogens (tertiary/aromatic N) is 3. The molecular weight excluding hydrogens is 394 g/mol. The van der Waals surface area contributed by atoms with E-state index < -0.39 is 0 Å². The number of imidazole rings is 1. The molecule has 3 aromatic rings. The van der Waals surface area contributed by atoms with E-state index >= 15 is 0 Å². The summed E-state index contributed by atoms with van der Waals surface area (Å²) in [5, 5.41) is 5.63. The normalized spacial score (nSPS) is 13.1. The summed E-state index contributed by atoms with van der Waals surface area (Å²) < 4.78 is 2.14. The molecule has 0 atom stereocenters. The standard InChI is InChI=1S/C23H25N5O3/c1-16-25-17-7-2-4-9-19(17)27(16)14-6-13-24-21(29)11-12-23(31)28-15-22(30)26-18-8-3-5-10-20(18)28/h2-5,7-10H,6,11-15H2,1H3,(H,24,29)(H,26,30). The minimum Gasteiger partial charge on any atom is -0.356 e. The lowest BCUT2D eigenvalue weighted by Crippen LogP contribution is -2.42. The predicted molar refractivity (Wildman–Crippen MR) is 119 cm³/mol. The van der Waals surface area contributed by atoms with Crippen LogP contribution in [0.1, 0.15) is 25.1 Å². The van der Waals surface area contributed by atoms with Crippen LogP contribution in [0, 0.1) is 6.92 Å². The van der Waals surface area contributed by atoms with Crippen LogP contribution in [0.2, 0.25) is 0 Å². The first kappa shape index (κ1) is 20.6. The number of hydrogen-bond donors (Lipinski definition) is 2. The Kier molecular flexibility index (Phi) is 5.97. The maximum absolute atomic E-state index is 12.6. The predicted octanol–water partition coefficient (Wildman–Crippen LogP) is 2.62. The van der Waals surface area contributed by atoms with Crippen LogP contribution in [-0.2, 0) is 20.9 Å². The number of aryl methyl sites for hydroxylation is 2. The highest BCUT2D eigenvalue weighted by Crippen LogP contribution is 2.29. The van der Waals surface area contributed by atoms with Crippen molar-refractivity contribution in [1.29, 1.82) is 0 Å². The zero-order valence-electron chi connectivity index (χ0n) is 17.4. The van der Waals surface area contributed by atoms with Gasteiger partial charge < -0.3 is 20.1 Å².